The van der Waals surface area contributed by atoms with E-state index >= 15 is 0 Å². The summed E-state index contributed by atoms with van der Waals surface area (Å²) in [6.07, 6.45) is 8.00. The molecule has 0 aromatic rings. The van der Waals surface area contributed by atoms with Crippen molar-refractivity contribution in [1.29, 1.82) is 0 Å². The Kier molecular flexibility index (Phi) is 15.1. The lowest BCUT2D eigenvalue weighted by Gasteiger charge is -1.98. The summed E-state index contributed by atoms with van der Waals surface area (Å²) in [5, 5.41) is 0. The monoisotopic (exact) mass is 156 g/mol. The Morgan fingerprint density at radius 1 is 1.09 bits per heavy atom. The summed E-state index contributed by atoms with van der Waals surface area (Å²) in [5.41, 5.74) is 0. The molecule has 0 aliphatic heterocycles. The Hall–Kier alpha value is -0.260. The molecule has 0 unspecified atom stereocenters. The highest BCUT2D eigenvalue weighted by Crippen LogP contribution is 2.02. The van der Waals surface area contributed by atoms with Crippen molar-refractivity contribution in [2.24, 2.45) is 5.92 Å². The van der Waals surface area contributed by atoms with Crippen molar-refractivity contribution in [2.75, 3.05) is 0 Å². The van der Waals surface area contributed by atoms with Crippen LogP contribution >= 0.6 is 0 Å². The number of hydrogen-bond donors (Lipinski definition) is 0. The van der Waals surface area contributed by atoms with Gasteiger partial charge in [-0.05, 0) is 19.3 Å². The van der Waals surface area contributed by atoms with Crippen LogP contribution in [0.15, 0.2) is 12.2 Å². The van der Waals surface area contributed by atoms with Crippen LogP contribution in [0.2, 0.25) is 0 Å². The average Bonchev–Trinajstić information content (AvgIpc) is 2.06. The molecule has 68 valence electrons. The Balaban J connectivity index is 0. The van der Waals surface area contributed by atoms with Crippen molar-refractivity contribution in [3.8, 4) is 0 Å². The van der Waals surface area contributed by atoms with E-state index in [1.807, 2.05) is 6.92 Å². The molecule has 0 radical (unpaired) electrons. The highest BCUT2D eigenvalue weighted by molar-refractivity contribution is 4.73. The first-order chi connectivity index (χ1) is 5.22. The molecule has 0 aromatic carbocycles. The normalized spacial score (nSPS) is 10.0. The van der Waals surface area contributed by atoms with Crippen molar-refractivity contribution >= 4 is 0 Å². The minimum Gasteiger partial charge on any atom is -0.0917 e. The van der Waals surface area contributed by atoms with Gasteiger partial charge in [0.2, 0.25) is 0 Å². The molecule has 0 saturated carbocycles. The van der Waals surface area contributed by atoms with Crippen LogP contribution in [0.1, 0.15) is 53.9 Å². The molecule has 0 atom stereocenters. The van der Waals surface area contributed by atoms with Crippen LogP contribution in [0.25, 0.3) is 0 Å². The second-order valence-electron chi connectivity index (χ2n) is 2.90. The third kappa shape index (κ3) is 17.7. The van der Waals surface area contributed by atoms with Crippen LogP contribution in [0, 0.1) is 5.92 Å². The molecule has 0 rings (SSSR count). The Morgan fingerprint density at radius 3 is 1.55 bits per heavy atom. The van der Waals surface area contributed by atoms with E-state index in [2.05, 4.69) is 39.8 Å². The molecule has 0 amide bonds. The summed E-state index contributed by atoms with van der Waals surface area (Å²) in [4.78, 5) is 0. The van der Waals surface area contributed by atoms with E-state index in [4.69, 9.17) is 0 Å². The zero-order valence-electron chi connectivity index (χ0n) is 8.85. The van der Waals surface area contributed by atoms with Crippen LogP contribution in [0.3, 0.4) is 0 Å². The summed E-state index contributed by atoms with van der Waals surface area (Å²) in [6, 6.07) is 0. The topological polar surface area (TPSA) is 0 Å². The Morgan fingerprint density at radius 2 is 1.55 bits per heavy atom. The number of hydrogen-bond acceptors (Lipinski definition) is 0. The maximum absolute atomic E-state index is 2.28. The van der Waals surface area contributed by atoms with Crippen molar-refractivity contribution in [3.63, 3.8) is 0 Å². The second-order valence-corrected chi connectivity index (χ2v) is 2.90. The fraction of sp³-hybridized carbons (Fsp3) is 0.818. The predicted molar refractivity (Wildman–Crippen MR) is 54.9 cm³/mol. The van der Waals surface area contributed by atoms with Crippen LogP contribution in [-0.2, 0) is 0 Å². The maximum Gasteiger partial charge on any atom is -0.0379 e. The van der Waals surface area contributed by atoms with Crippen LogP contribution in [0.5, 0.6) is 0 Å². The van der Waals surface area contributed by atoms with Crippen LogP contribution in [-0.4, -0.2) is 0 Å². The average molecular weight is 156 g/mol. The van der Waals surface area contributed by atoms with Gasteiger partial charge in [-0.1, -0.05) is 52.7 Å². The van der Waals surface area contributed by atoms with E-state index in [0.29, 0.717) is 0 Å². The molecular weight excluding hydrogens is 132 g/mol. The molecule has 0 fully saturated rings. The number of rotatable bonds is 3. The third-order valence-corrected chi connectivity index (χ3v) is 1.87. The minimum absolute atomic E-state index is 0.935. The molecule has 0 heterocycles. The molecule has 0 aliphatic carbocycles. The van der Waals surface area contributed by atoms with Crippen molar-refractivity contribution in [3.05, 3.63) is 12.2 Å². The van der Waals surface area contributed by atoms with Gasteiger partial charge in [-0.15, -0.1) is 0 Å². The first-order valence-corrected chi connectivity index (χ1v) is 4.83. The van der Waals surface area contributed by atoms with E-state index in [1.54, 1.807) is 0 Å². The summed E-state index contributed by atoms with van der Waals surface area (Å²) in [7, 11) is 0. The summed E-state index contributed by atoms with van der Waals surface area (Å²) in [5.74, 6) is 0.935. The molecule has 0 heteroatoms. The van der Waals surface area contributed by atoms with Crippen molar-refractivity contribution in [2.45, 2.75) is 53.9 Å². The third-order valence-electron chi connectivity index (χ3n) is 1.87. The van der Waals surface area contributed by atoms with E-state index in [-0.39, 0.29) is 0 Å². The molecule has 0 aromatic heterocycles. The molecule has 0 saturated heterocycles. The highest BCUT2D eigenvalue weighted by atomic mass is 13.9. The van der Waals surface area contributed by atoms with Crippen molar-refractivity contribution in [1.82, 2.24) is 0 Å². The van der Waals surface area contributed by atoms with Gasteiger partial charge in [0.1, 0.15) is 0 Å². The van der Waals surface area contributed by atoms with E-state index < -0.39 is 0 Å². The van der Waals surface area contributed by atoms with Crippen LogP contribution < -0.4 is 0 Å². The van der Waals surface area contributed by atoms with Gasteiger partial charge in [0.25, 0.3) is 0 Å². The fourth-order valence-electron chi connectivity index (χ4n) is 0.524. The van der Waals surface area contributed by atoms with Gasteiger partial charge < -0.3 is 0 Å². The van der Waals surface area contributed by atoms with Gasteiger partial charge >= 0.3 is 0 Å². The molecule has 11 heavy (non-hydrogen) atoms. The van der Waals surface area contributed by atoms with Gasteiger partial charge in [-0.25, -0.2) is 0 Å². The molecule has 0 spiro atoms. The zero-order valence-corrected chi connectivity index (χ0v) is 8.85. The lowest BCUT2D eigenvalue weighted by molar-refractivity contribution is 0.544. The Bertz CT molecular complexity index is 68.1. The lowest BCUT2D eigenvalue weighted by atomic mass is 10.1. The zero-order chi connectivity index (χ0) is 9.11. The maximum atomic E-state index is 2.28. The van der Waals surface area contributed by atoms with E-state index in [1.165, 1.54) is 12.8 Å². The summed E-state index contributed by atoms with van der Waals surface area (Å²) >= 11 is 0. The largest absolute Gasteiger partial charge is 0.0917 e. The first-order valence-electron chi connectivity index (χ1n) is 4.83. The predicted octanol–water partition coefficient (Wildman–Crippen LogP) is 4.42. The lowest BCUT2D eigenvalue weighted by Crippen LogP contribution is -1.85. The molecule has 0 nitrogen and oxygen atoms in total. The SMILES string of the molecule is C/C=C\CC.CCC(C)CC. The molecule has 0 aliphatic rings. The van der Waals surface area contributed by atoms with Gasteiger partial charge in [0, 0.05) is 0 Å². The first kappa shape index (κ1) is 13.3. The van der Waals surface area contributed by atoms with Gasteiger partial charge in [0.15, 0.2) is 0 Å². The standard InChI is InChI=1S/C6H14.C5H10/c1-4-6(3)5-2;1-3-5-4-2/h6H,4-5H2,1-3H3;3,5H,4H2,1-2H3/b;5-3-. The van der Waals surface area contributed by atoms with Gasteiger partial charge in [-0.2, -0.15) is 0 Å². The minimum atomic E-state index is 0.935. The van der Waals surface area contributed by atoms with E-state index in [0.717, 1.165) is 12.3 Å². The summed E-state index contributed by atoms with van der Waals surface area (Å²) in [6.45, 7) is 10.9. The molecule has 0 N–H and O–H groups in total. The second kappa shape index (κ2) is 12.4. The fourth-order valence-corrected chi connectivity index (χ4v) is 0.524. The highest BCUT2D eigenvalue weighted by Gasteiger charge is 1.88. The summed E-state index contributed by atoms with van der Waals surface area (Å²) < 4.78 is 0. The molecule has 0 bridgehead atoms. The quantitative estimate of drug-likeness (QED) is 0.531. The Labute approximate surface area is 72.7 Å². The number of allylic oxidation sites excluding steroid dienone is 2. The van der Waals surface area contributed by atoms with E-state index in [9.17, 15) is 0 Å². The van der Waals surface area contributed by atoms with Gasteiger partial charge in [-0.3, -0.25) is 0 Å². The smallest absolute Gasteiger partial charge is 0.0379 e. The van der Waals surface area contributed by atoms with Crippen molar-refractivity contribution < 1.29 is 0 Å². The molecular formula is C11H24. The van der Waals surface area contributed by atoms with Gasteiger partial charge in [0.05, 0.1) is 0 Å². The van der Waals surface area contributed by atoms with Crippen LogP contribution in [0.4, 0.5) is 0 Å².